The average Bonchev–Trinajstić information content (AvgIpc) is 3.14. The molecule has 27 heavy (non-hydrogen) atoms. The van der Waals surface area contributed by atoms with Crippen LogP contribution in [0.4, 0.5) is 0 Å². The second kappa shape index (κ2) is 8.19. The van der Waals surface area contributed by atoms with E-state index in [-0.39, 0.29) is 11.8 Å². The van der Waals surface area contributed by atoms with E-state index >= 15 is 0 Å². The SMILES string of the molecule is COCc1cn(C[C@H]2C[C@H]3CC[NH+]2C[C@@H]3C(=O)NCc2ccccc2)nn1. The molecule has 0 aliphatic carbocycles. The molecule has 3 aliphatic rings. The Bertz CT molecular complexity index is 763. The number of quaternary nitrogens is 1. The van der Waals surface area contributed by atoms with Crippen LogP contribution in [0.15, 0.2) is 36.5 Å². The first kappa shape index (κ1) is 18.1. The molecule has 0 spiro atoms. The van der Waals surface area contributed by atoms with E-state index in [0.717, 1.165) is 43.7 Å². The number of nitrogens with one attached hydrogen (secondary N) is 2. The van der Waals surface area contributed by atoms with Crippen molar-refractivity contribution in [1.29, 1.82) is 0 Å². The molecule has 7 heteroatoms. The molecule has 2 N–H and O–H groups in total. The Morgan fingerprint density at radius 1 is 1.37 bits per heavy atom. The summed E-state index contributed by atoms with van der Waals surface area (Å²) in [5.41, 5.74) is 2.01. The van der Waals surface area contributed by atoms with Crippen molar-refractivity contribution in [1.82, 2.24) is 20.3 Å². The summed E-state index contributed by atoms with van der Waals surface area (Å²) in [4.78, 5) is 14.3. The van der Waals surface area contributed by atoms with Gasteiger partial charge in [-0.1, -0.05) is 35.5 Å². The number of amides is 1. The highest BCUT2D eigenvalue weighted by Crippen LogP contribution is 2.27. The first-order valence-electron chi connectivity index (χ1n) is 9.77. The Morgan fingerprint density at radius 3 is 2.96 bits per heavy atom. The monoisotopic (exact) mass is 370 g/mol. The van der Waals surface area contributed by atoms with E-state index in [2.05, 4.69) is 15.6 Å². The second-order valence-electron chi connectivity index (χ2n) is 7.77. The molecule has 0 radical (unpaired) electrons. The third-order valence-electron chi connectivity index (χ3n) is 5.98. The van der Waals surface area contributed by atoms with Crippen LogP contribution in [-0.2, 0) is 29.2 Å². The van der Waals surface area contributed by atoms with Crippen LogP contribution in [0.1, 0.15) is 24.1 Å². The number of nitrogens with zero attached hydrogens (tertiary/aromatic N) is 3. The quantitative estimate of drug-likeness (QED) is 0.722. The van der Waals surface area contributed by atoms with Crippen LogP contribution in [0.5, 0.6) is 0 Å². The van der Waals surface area contributed by atoms with Crippen molar-refractivity contribution in [2.45, 2.75) is 38.6 Å². The van der Waals surface area contributed by atoms with Gasteiger partial charge in [0, 0.05) is 26.5 Å². The summed E-state index contributed by atoms with van der Waals surface area (Å²) in [6, 6.07) is 10.6. The van der Waals surface area contributed by atoms with Gasteiger partial charge in [0.25, 0.3) is 0 Å². The third-order valence-corrected chi connectivity index (χ3v) is 5.98. The van der Waals surface area contributed by atoms with E-state index in [1.54, 1.807) is 7.11 Å². The van der Waals surface area contributed by atoms with Gasteiger partial charge < -0.3 is 15.0 Å². The first-order valence-corrected chi connectivity index (χ1v) is 9.77. The Morgan fingerprint density at radius 2 is 2.22 bits per heavy atom. The number of methoxy groups -OCH3 is 1. The van der Waals surface area contributed by atoms with Crippen LogP contribution in [0, 0.1) is 11.8 Å². The van der Waals surface area contributed by atoms with Crippen molar-refractivity contribution < 1.29 is 14.4 Å². The minimum absolute atomic E-state index is 0.133. The largest absolute Gasteiger partial charge is 0.378 e. The van der Waals surface area contributed by atoms with Crippen LogP contribution < -0.4 is 10.2 Å². The highest BCUT2D eigenvalue weighted by Gasteiger charge is 2.46. The fourth-order valence-corrected chi connectivity index (χ4v) is 4.60. The number of piperidine rings is 3. The summed E-state index contributed by atoms with van der Waals surface area (Å²) in [7, 11) is 1.66. The number of fused-ring (bicyclic) bond motifs is 3. The zero-order chi connectivity index (χ0) is 18.6. The lowest BCUT2D eigenvalue weighted by atomic mass is 9.75. The Labute approximate surface area is 159 Å². The van der Waals surface area contributed by atoms with E-state index < -0.39 is 0 Å². The normalized spacial score (nSPS) is 26.9. The number of hydrogen-bond donors (Lipinski definition) is 2. The van der Waals surface area contributed by atoms with Gasteiger partial charge in [-0.3, -0.25) is 4.79 Å². The van der Waals surface area contributed by atoms with E-state index in [4.69, 9.17) is 4.74 Å². The molecule has 1 aromatic heterocycles. The molecule has 144 valence electrons. The summed E-state index contributed by atoms with van der Waals surface area (Å²) in [5.74, 6) is 0.821. The van der Waals surface area contributed by atoms with Crippen molar-refractivity contribution in [2.24, 2.45) is 11.8 Å². The van der Waals surface area contributed by atoms with Gasteiger partial charge in [-0.15, -0.1) is 5.10 Å². The predicted octanol–water partition coefficient (Wildman–Crippen LogP) is 0.0342. The number of ether oxygens (including phenoxy) is 1. The molecule has 2 bridgehead atoms. The Kier molecular flexibility index (Phi) is 5.50. The maximum atomic E-state index is 12.7. The molecule has 4 heterocycles. The van der Waals surface area contributed by atoms with Crippen molar-refractivity contribution in [3.63, 3.8) is 0 Å². The zero-order valence-electron chi connectivity index (χ0n) is 15.8. The Hall–Kier alpha value is -2.25. The highest BCUT2D eigenvalue weighted by molar-refractivity contribution is 5.79. The molecule has 4 atom stereocenters. The van der Waals surface area contributed by atoms with Crippen LogP contribution in [0.25, 0.3) is 0 Å². The van der Waals surface area contributed by atoms with E-state index in [1.165, 1.54) is 4.90 Å². The number of benzene rings is 1. The van der Waals surface area contributed by atoms with E-state index in [1.807, 2.05) is 41.2 Å². The van der Waals surface area contributed by atoms with Gasteiger partial charge in [0.2, 0.25) is 5.91 Å². The Balaban J connectivity index is 1.32. The second-order valence-corrected chi connectivity index (χ2v) is 7.77. The smallest absolute Gasteiger partial charge is 0.229 e. The molecule has 3 fully saturated rings. The van der Waals surface area contributed by atoms with Crippen molar-refractivity contribution in [3.05, 3.63) is 47.8 Å². The minimum Gasteiger partial charge on any atom is -0.378 e. The van der Waals surface area contributed by atoms with Gasteiger partial charge in [0.05, 0.1) is 38.4 Å². The molecule has 1 aromatic carbocycles. The van der Waals surface area contributed by atoms with Gasteiger partial charge in [0.15, 0.2) is 0 Å². The molecular formula is C20H28N5O2+. The molecule has 7 nitrogen and oxygen atoms in total. The number of carbonyl (C=O) groups excluding carboxylic acids is 1. The van der Waals surface area contributed by atoms with Crippen molar-refractivity contribution in [3.8, 4) is 0 Å². The lowest BCUT2D eigenvalue weighted by molar-refractivity contribution is -0.945. The third kappa shape index (κ3) is 4.20. The minimum atomic E-state index is 0.133. The van der Waals surface area contributed by atoms with E-state index in [0.29, 0.717) is 25.1 Å². The fraction of sp³-hybridized carbons (Fsp3) is 0.550. The van der Waals surface area contributed by atoms with Crippen molar-refractivity contribution in [2.75, 3.05) is 20.2 Å². The van der Waals surface area contributed by atoms with Crippen LogP contribution in [0.2, 0.25) is 0 Å². The summed E-state index contributed by atoms with van der Waals surface area (Å²) in [6.07, 6.45) is 4.19. The molecule has 0 saturated carbocycles. The van der Waals surface area contributed by atoms with Gasteiger partial charge in [0.1, 0.15) is 11.7 Å². The molecule has 2 aromatic rings. The lowest BCUT2D eigenvalue weighted by Crippen LogP contribution is -3.20. The van der Waals surface area contributed by atoms with Gasteiger partial charge in [-0.2, -0.15) is 0 Å². The summed E-state index contributed by atoms with van der Waals surface area (Å²) in [5, 5.41) is 11.5. The molecule has 1 unspecified atom stereocenters. The van der Waals surface area contributed by atoms with Crippen LogP contribution >= 0.6 is 0 Å². The molecule has 5 rings (SSSR count). The maximum Gasteiger partial charge on any atom is 0.229 e. The number of carbonyl (C=O) groups is 1. The average molecular weight is 370 g/mol. The summed E-state index contributed by atoms with van der Waals surface area (Å²) < 4.78 is 7.04. The summed E-state index contributed by atoms with van der Waals surface area (Å²) >= 11 is 0. The number of aromatic nitrogens is 3. The van der Waals surface area contributed by atoms with Crippen LogP contribution in [0.3, 0.4) is 0 Å². The van der Waals surface area contributed by atoms with Crippen molar-refractivity contribution >= 4 is 5.91 Å². The topological polar surface area (TPSA) is 73.5 Å². The molecular weight excluding hydrogens is 342 g/mol. The molecule has 1 amide bonds. The van der Waals surface area contributed by atoms with Gasteiger partial charge in [-0.25, -0.2) is 4.68 Å². The molecule has 3 saturated heterocycles. The standard InChI is InChI=1S/C20H27N5O2/c1-27-14-17-11-25(23-22-17)12-18-9-16-7-8-24(18)13-19(16)20(26)21-10-15-5-3-2-4-6-15/h2-6,11,16,18-19H,7-10,12-14H2,1H3,(H,21,26)/p+1/t16-,18-,19+/m1/s1. The lowest BCUT2D eigenvalue weighted by Gasteiger charge is -2.46. The fourth-order valence-electron chi connectivity index (χ4n) is 4.60. The highest BCUT2D eigenvalue weighted by atomic mass is 16.5. The predicted molar refractivity (Wildman–Crippen MR) is 99.7 cm³/mol. The number of rotatable bonds is 7. The number of hydrogen-bond acceptors (Lipinski definition) is 4. The van der Waals surface area contributed by atoms with Gasteiger partial charge >= 0.3 is 0 Å². The van der Waals surface area contributed by atoms with Gasteiger partial charge in [-0.05, 0) is 11.5 Å². The van der Waals surface area contributed by atoms with E-state index in [9.17, 15) is 4.79 Å². The maximum absolute atomic E-state index is 12.7. The zero-order valence-corrected chi connectivity index (χ0v) is 15.8. The van der Waals surface area contributed by atoms with Crippen LogP contribution in [-0.4, -0.2) is 47.1 Å². The first-order chi connectivity index (χ1) is 13.2. The molecule has 3 aliphatic heterocycles. The summed E-state index contributed by atoms with van der Waals surface area (Å²) in [6.45, 7) is 4.05.